The van der Waals surface area contributed by atoms with Crippen LogP contribution >= 0.6 is 0 Å². The molecule has 0 saturated carbocycles. The van der Waals surface area contributed by atoms with Crippen LogP contribution in [0.3, 0.4) is 0 Å². The zero-order chi connectivity index (χ0) is 10.5. The minimum Gasteiger partial charge on any atom is -0.217 e. The van der Waals surface area contributed by atoms with Crippen molar-refractivity contribution >= 4 is 12.7 Å². The highest BCUT2D eigenvalue weighted by Gasteiger charge is 1.91. The van der Waals surface area contributed by atoms with E-state index in [9.17, 15) is 4.39 Å². The smallest absolute Gasteiger partial charge is 0.123 e. The van der Waals surface area contributed by atoms with Crippen LogP contribution in [0, 0.1) is 5.82 Å². The molecule has 0 aliphatic heterocycles. The first-order chi connectivity index (χ1) is 7.34. The summed E-state index contributed by atoms with van der Waals surface area (Å²) in [6.45, 7) is 0. The molecule has 0 unspecified atom stereocenters. The van der Waals surface area contributed by atoms with E-state index < -0.39 is 0 Å². The molecule has 2 heteroatoms. The van der Waals surface area contributed by atoms with Crippen LogP contribution in [0.4, 0.5) is 4.39 Å². The van der Waals surface area contributed by atoms with Gasteiger partial charge in [0.25, 0.3) is 0 Å². The third-order valence-electron chi connectivity index (χ3n) is 2.85. The molecule has 0 radical (unpaired) electrons. The minimum absolute atomic E-state index is 0.119. The first-order valence-electron chi connectivity index (χ1n) is 5.48. The zero-order valence-corrected chi connectivity index (χ0v) is 8.78. The molecule has 15 heavy (non-hydrogen) atoms. The quantitative estimate of drug-likeness (QED) is 0.661. The highest BCUT2D eigenvalue weighted by Crippen LogP contribution is 2.02. The van der Waals surface area contributed by atoms with Crippen LogP contribution in [-0.4, -0.2) is 7.28 Å². The van der Waals surface area contributed by atoms with Gasteiger partial charge in [-0.25, -0.2) is 9.85 Å². The first kappa shape index (κ1) is 9.97. The fraction of sp³-hybridized carbons (Fsp3) is 0.0769. The van der Waals surface area contributed by atoms with Crippen LogP contribution < -0.4 is 5.46 Å². The number of hydrogen-bond acceptors (Lipinski definition) is 0. The Morgan fingerprint density at radius 2 is 1.53 bits per heavy atom. The van der Waals surface area contributed by atoms with E-state index >= 15 is 0 Å². The van der Waals surface area contributed by atoms with Crippen molar-refractivity contribution < 1.29 is 4.39 Å². The van der Waals surface area contributed by atoms with E-state index in [1.807, 2.05) is 18.2 Å². The van der Waals surface area contributed by atoms with Gasteiger partial charge in [0.05, 0.1) is 0 Å². The summed E-state index contributed by atoms with van der Waals surface area (Å²) in [7, 11) is -0.119. The van der Waals surface area contributed by atoms with E-state index in [1.54, 1.807) is 0 Å². The second kappa shape index (κ2) is 4.78. The van der Waals surface area contributed by atoms with Gasteiger partial charge in [-0.1, -0.05) is 48.0 Å². The highest BCUT2D eigenvalue weighted by molar-refractivity contribution is 6.52. The lowest BCUT2D eigenvalue weighted by atomic mass is 9.65. The molecule has 76 valence electrons. The molecule has 0 aliphatic rings. The second-order valence-electron chi connectivity index (χ2n) is 3.99. The Labute approximate surface area is 90.0 Å². The molecule has 0 nitrogen and oxygen atoms in total. The summed E-state index contributed by atoms with van der Waals surface area (Å²) in [5.41, 5.74) is 2.68. The molecule has 0 N–H and O–H groups in total. The lowest BCUT2D eigenvalue weighted by Crippen LogP contribution is -2.15. The topological polar surface area (TPSA) is 0 Å². The van der Waals surface area contributed by atoms with Gasteiger partial charge in [0.15, 0.2) is 0 Å². The summed E-state index contributed by atoms with van der Waals surface area (Å²) in [5, 5.41) is 0. The van der Waals surface area contributed by atoms with Crippen molar-refractivity contribution in [3.8, 4) is 0 Å². The fourth-order valence-electron chi connectivity index (χ4n) is 1.90. The van der Waals surface area contributed by atoms with Crippen LogP contribution in [0.1, 0.15) is 5.56 Å². The maximum absolute atomic E-state index is 12.7. The van der Waals surface area contributed by atoms with Crippen molar-refractivity contribution in [2.75, 3.05) is 0 Å². The number of benzene rings is 2. The minimum atomic E-state index is -0.154. The third kappa shape index (κ3) is 2.95. The molecule has 0 amide bonds. The van der Waals surface area contributed by atoms with Gasteiger partial charge >= 0.3 is 0 Å². The molecular formula is C13H13BF-. The Bertz CT molecular complexity index is 408. The first-order valence-corrected chi connectivity index (χ1v) is 5.48. The summed E-state index contributed by atoms with van der Waals surface area (Å²) in [4.78, 5) is 0. The molecule has 0 bridgehead atoms. The van der Waals surface area contributed by atoms with E-state index in [2.05, 4.69) is 24.3 Å². The third-order valence-corrected chi connectivity index (χ3v) is 2.85. The monoisotopic (exact) mass is 199 g/mol. The number of rotatable bonds is 3. The molecule has 2 aromatic carbocycles. The Balaban J connectivity index is 1.96. The lowest BCUT2D eigenvalue weighted by molar-refractivity contribution is 0.627. The SMILES string of the molecule is Fc1ccc(C[BH2-]c2ccccc2)cc1. The van der Waals surface area contributed by atoms with Gasteiger partial charge < -0.3 is 0 Å². The van der Waals surface area contributed by atoms with Crippen molar-refractivity contribution in [1.82, 2.24) is 0 Å². The Kier molecular flexibility index (Phi) is 3.18. The van der Waals surface area contributed by atoms with Crippen molar-refractivity contribution in [2.24, 2.45) is 0 Å². The Morgan fingerprint density at radius 1 is 0.867 bits per heavy atom. The van der Waals surface area contributed by atoms with Crippen LogP contribution in [0.15, 0.2) is 54.6 Å². The van der Waals surface area contributed by atoms with E-state index in [1.165, 1.54) is 23.2 Å². The molecule has 0 aliphatic carbocycles. The molecule has 0 saturated heterocycles. The normalized spacial score (nSPS) is 10.2. The lowest BCUT2D eigenvalue weighted by Gasteiger charge is -2.07. The van der Waals surface area contributed by atoms with Crippen LogP contribution in [0.2, 0.25) is 0 Å². The van der Waals surface area contributed by atoms with Gasteiger partial charge in [0.2, 0.25) is 0 Å². The fourth-order valence-corrected chi connectivity index (χ4v) is 1.90. The average Bonchev–Trinajstić information content (AvgIpc) is 2.30. The van der Waals surface area contributed by atoms with Gasteiger partial charge in [0.1, 0.15) is 5.82 Å². The molecule has 0 spiro atoms. The summed E-state index contributed by atoms with van der Waals surface area (Å²) in [5.74, 6) is -0.154. The zero-order valence-electron chi connectivity index (χ0n) is 8.78. The second-order valence-corrected chi connectivity index (χ2v) is 3.99. The largest absolute Gasteiger partial charge is 0.217 e. The van der Waals surface area contributed by atoms with Gasteiger partial charge in [-0.05, 0) is 12.1 Å². The summed E-state index contributed by atoms with van der Waals surface area (Å²) < 4.78 is 12.7. The van der Waals surface area contributed by atoms with Crippen LogP contribution in [-0.2, 0) is 6.32 Å². The summed E-state index contributed by atoms with van der Waals surface area (Å²) >= 11 is 0. The molecule has 2 aromatic rings. The average molecular weight is 199 g/mol. The maximum Gasteiger partial charge on any atom is 0.123 e. The van der Waals surface area contributed by atoms with E-state index in [0.29, 0.717) is 0 Å². The van der Waals surface area contributed by atoms with Gasteiger partial charge in [-0.2, -0.15) is 6.32 Å². The number of hydrogen-bond donors (Lipinski definition) is 0. The van der Waals surface area contributed by atoms with Crippen molar-refractivity contribution in [3.63, 3.8) is 0 Å². The van der Waals surface area contributed by atoms with Crippen LogP contribution in [0.5, 0.6) is 0 Å². The molecule has 0 fully saturated rings. The van der Waals surface area contributed by atoms with E-state index in [0.717, 1.165) is 6.32 Å². The van der Waals surface area contributed by atoms with Crippen molar-refractivity contribution in [3.05, 3.63) is 66.0 Å². The molecule has 0 heterocycles. The van der Waals surface area contributed by atoms with Crippen LogP contribution in [0.25, 0.3) is 0 Å². The predicted molar refractivity (Wildman–Crippen MR) is 64.7 cm³/mol. The Hall–Kier alpha value is -1.57. The van der Waals surface area contributed by atoms with Gasteiger partial charge in [-0.3, -0.25) is 0 Å². The molecule has 2 rings (SSSR count). The van der Waals surface area contributed by atoms with E-state index in [4.69, 9.17) is 0 Å². The van der Waals surface area contributed by atoms with Gasteiger partial charge in [-0.15, -0.1) is 0 Å². The summed E-state index contributed by atoms with van der Waals surface area (Å²) in [6, 6.07) is 17.3. The van der Waals surface area contributed by atoms with Gasteiger partial charge in [0, 0.05) is 7.28 Å². The highest BCUT2D eigenvalue weighted by atomic mass is 19.1. The van der Waals surface area contributed by atoms with E-state index in [-0.39, 0.29) is 13.1 Å². The summed E-state index contributed by atoms with van der Waals surface area (Å²) in [6.07, 6.45) is 1.09. The molecular weight excluding hydrogens is 186 g/mol. The number of halogens is 1. The van der Waals surface area contributed by atoms with Crippen molar-refractivity contribution in [2.45, 2.75) is 6.32 Å². The maximum atomic E-state index is 12.7. The Morgan fingerprint density at radius 3 is 2.20 bits per heavy atom. The van der Waals surface area contributed by atoms with Crippen molar-refractivity contribution in [1.29, 1.82) is 0 Å². The predicted octanol–water partition coefficient (Wildman–Crippen LogP) is 1.82. The molecule has 0 atom stereocenters. The molecule has 0 aromatic heterocycles. The standard InChI is InChI=1S/C13H13BF/c15-13-8-6-11(7-9-13)10-14-12-4-2-1-3-5-12/h1-9H,10,14H2/q-1.